The molecule has 1 saturated heterocycles. The first-order valence-electron chi connectivity index (χ1n) is 11.6. The van der Waals surface area contributed by atoms with Gasteiger partial charge in [0.15, 0.2) is 12.4 Å². The second-order valence-electron chi connectivity index (χ2n) is 9.14. The van der Waals surface area contributed by atoms with Crippen molar-refractivity contribution >= 4 is 11.7 Å². The van der Waals surface area contributed by atoms with Crippen molar-refractivity contribution in [3.8, 4) is 16.9 Å². The van der Waals surface area contributed by atoms with Crippen molar-refractivity contribution < 1.29 is 18.7 Å². The summed E-state index contributed by atoms with van der Waals surface area (Å²) in [6.45, 7) is 6.03. The number of rotatable bonds is 5. The van der Waals surface area contributed by atoms with E-state index >= 15 is 0 Å². The third-order valence-corrected chi connectivity index (χ3v) is 6.80. The Morgan fingerprint density at radius 3 is 2.38 bits per heavy atom. The first-order valence-corrected chi connectivity index (χ1v) is 11.6. The third-order valence-electron chi connectivity index (χ3n) is 6.80. The predicted octanol–water partition coefficient (Wildman–Crippen LogP) is 4.54. The summed E-state index contributed by atoms with van der Waals surface area (Å²) in [5, 5.41) is 0. The van der Waals surface area contributed by atoms with Crippen LogP contribution in [-0.2, 0) is 11.3 Å². The molecule has 0 unspecified atom stereocenters. The maximum atomic E-state index is 13.2. The van der Waals surface area contributed by atoms with Crippen molar-refractivity contribution in [1.29, 1.82) is 0 Å². The van der Waals surface area contributed by atoms with Gasteiger partial charge < -0.3 is 9.64 Å². The lowest BCUT2D eigenvalue weighted by atomic mass is 10.1. The topological polar surface area (TPSA) is 49.9 Å². The number of ether oxygens (including phenoxy) is 1. The number of nitrogens with zero attached hydrogens (tertiary/aromatic N) is 2. The Bertz CT molecular complexity index is 1240. The highest BCUT2D eigenvalue weighted by Gasteiger charge is 2.33. The average molecular weight is 459 g/mol. The summed E-state index contributed by atoms with van der Waals surface area (Å²) >= 11 is 0. The fourth-order valence-electron chi connectivity index (χ4n) is 4.97. The number of carbonyl (C=O) groups is 2. The fourth-order valence-corrected chi connectivity index (χ4v) is 4.97. The van der Waals surface area contributed by atoms with E-state index in [0.29, 0.717) is 30.0 Å². The molecule has 0 radical (unpaired) electrons. The van der Waals surface area contributed by atoms with Gasteiger partial charge in [0.25, 0.3) is 5.91 Å². The summed E-state index contributed by atoms with van der Waals surface area (Å²) in [6.07, 6.45) is 0. The molecule has 34 heavy (non-hydrogen) atoms. The minimum atomic E-state index is -0.241. The van der Waals surface area contributed by atoms with Gasteiger partial charge in [-0.1, -0.05) is 48.5 Å². The van der Waals surface area contributed by atoms with E-state index < -0.39 is 0 Å². The molecule has 1 fully saturated rings. The number of piperazine rings is 1. The van der Waals surface area contributed by atoms with Crippen LogP contribution in [0.15, 0.2) is 66.7 Å². The standard InChI is InChI=1S/C28H27FN2O3/c1-18-15-31(19(2)14-30(18)16-20-10-12-21(29)13-11-20)26(32)17-34-25-9-5-8-23-22-6-3-4-7-24(22)28(33)27(23)25/h3-13,18-19H,14-17H2,1-2H3/t18-,19+/m1/s1. The van der Waals surface area contributed by atoms with Crippen LogP contribution in [0.25, 0.3) is 11.1 Å². The Labute approximate surface area is 198 Å². The summed E-state index contributed by atoms with van der Waals surface area (Å²) in [7, 11) is 0. The van der Waals surface area contributed by atoms with Crippen LogP contribution in [0.4, 0.5) is 4.39 Å². The lowest BCUT2D eigenvalue weighted by Crippen LogP contribution is -2.58. The second-order valence-corrected chi connectivity index (χ2v) is 9.14. The van der Waals surface area contributed by atoms with E-state index in [0.717, 1.165) is 23.2 Å². The third kappa shape index (κ3) is 4.10. The van der Waals surface area contributed by atoms with Crippen LogP contribution in [0.1, 0.15) is 35.3 Å². The normalized spacial score (nSPS) is 19.6. The molecule has 1 aliphatic heterocycles. The molecule has 0 aromatic heterocycles. The van der Waals surface area contributed by atoms with E-state index in [2.05, 4.69) is 11.8 Å². The second kappa shape index (κ2) is 9.03. The molecule has 0 N–H and O–H groups in total. The quantitative estimate of drug-likeness (QED) is 0.441. The predicted molar refractivity (Wildman–Crippen MR) is 128 cm³/mol. The van der Waals surface area contributed by atoms with Gasteiger partial charge in [0.1, 0.15) is 11.6 Å². The van der Waals surface area contributed by atoms with Gasteiger partial charge in [0.2, 0.25) is 0 Å². The highest BCUT2D eigenvalue weighted by atomic mass is 19.1. The van der Waals surface area contributed by atoms with Crippen LogP contribution >= 0.6 is 0 Å². The summed E-state index contributed by atoms with van der Waals surface area (Å²) in [5.74, 6) is 0.0457. The monoisotopic (exact) mass is 458 g/mol. The maximum absolute atomic E-state index is 13.2. The van der Waals surface area contributed by atoms with Gasteiger partial charge in [0, 0.05) is 37.3 Å². The summed E-state index contributed by atoms with van der Waals surface area (Å²) in [4.78, 5) is 30.2. The number of halogens is 1. The molecule has 2 atom stereocenters. The fraction of sp³-hybridized carbons (Fsp3) is 0.286. The van der Waals surface area contributed by atoms with Gasteiger partial charge in [-0.05, 0) is 48.7 Å². The Morgan fingerprint density at radius 2 is 1.62 bits per heavy atom. The number of hydrogen-bond acceptors (Lipinski definition) is 4. The molecule has 0 spiro atoms. The molecule has 5 rings (SSSR count). The molecule has 3 aromatic rings. The lowest BCUT2D eigenvalue weighted by molar-refractivity contribution is -0.139. The summed E-state index contributed by atoms with van der Waals surface area (Å²) in [6, 6.07) is 19.8. The first-order chi connectivity index (χ1) is 16.4. The van der Waals surface area contributed by atoms with Gasteiger partial charge in [-0.25, -0.2) is 4.39 Å². The van der Waals surface area contributed by atoms with Crippen molar-refractivity contribution in [3.05, 3.63) is 89.2 Å². The number of ketones is 1. The molecule has 174 valence electrons. The molecule has 6 heteroatoms. The van der Waals surface area contributed by atoms with E-state index in [4.69, 9.17) is 4.74 Å². The van der Waals surface area contributed by atoms with Gasteiger partial charge in [-0.2, -0.15) is 0 Å². The van der Waals surface area contributed by atoms with Crippen LogP contribution in [-0.4, -0.2) is 53.3 Å². The number of carbonyl (C=O) groups excluding carboxylic acids is 2. The molecule has 0 bridgehead atoms. The molecular formula is C28H27FN2O3. The Hall–Kier alpha value is -3.51. The largest absolute Gasteiger partial charge is 0.483 e. The van der Waals surface area contributed by atoms with E-state index in [1.807, 2.05) is 48.2 Å². The Kier molecular flexibility index (Phi) is 5.92. The zero-order valence-electron chi connectivity index (χ0n) is 19.3. The van der Waals surface area contributed by atoms with Crippen LogP contribution in [0.5, 0.6) is 5.75 Å². The van der Waals surface area contributed by atoms with Gasteiger partial charge in [0.05, 0.1) is 5.56 Å². The van der Waals surface area contributed by atoms with Gasteiger partial charge in [-0.3, -0.25) is 14.5 Å². The molecule has 2 aliphatic rings. The van der Waals surface area contributed by atoms with E-state index in [9.17, 15) is 14.0 Å². The maximum Gasteiger partial charge on any atom is 0.260 e. The minimum absolute atomic E-state index is 0.0140. The van der Waals surface area contributed by atoms with Crippen molar-refractivity contribution in [2.24, 2.45) is 0 Å². The number of hydrogen-bond donors (Lipinski definition) is 0. The smallest absolute Gasteiger partial charge is 0.260 e. The lowest BCUT2D eigenvalue weighted by Gasteiger charge is -2.44. The molecular weight excluding hydrogens is 431 g/mol. The Morgan fingerprint density at radius 1 is 0.912 bits per heavy atom. The number of benzene rings is 3. The van der Waals surface area contributed by atoms with E-state index in [-0.39, 0.29) is 36.2 Å². The molecule has 5 nitrogen and oxygen atoms in total. The summed E-state index contributed by atoms with van der Waals surface area (Å²) in [5.41, 5.74) is 4.00. The minimum Gasteiger partial charge on any atom is -0.483 e. The molecule has 3 aromatic carbocycles. The highest BCUT2D eigenvalue weighted by molar-refractivity contribution is 6.23. The number of fused-ring (bicyclic) bond motifs is 3. The zero-order chi connectivity index (χ0) is 23.8. The van der Waals surface area contributed by atoms with Crippen molar-refractivity contribution in [2.45, 2.75) is 32.5 Å². The summed E-state index contributed by atoms with van der Waals surface area (Å²) < 4.78 is 19.1. The van der Waals surface area contributed by atoms with E-state index in [1.165, 1.54) is 12.1 Å². The van der Waals surface area contributed by atoms with Crippen molar-refractivity contribution in [3.63, 3.8) is 0 Å². The van der Waals surface area contributed by atoms with Crippen LogP contribution in [0.2, 0.25) is 0 Å². The van der Waals surface area contributed by atoms with Crippen LogP contribution in [0, 0.1) is 5.82 Å². The van der Waals surface area contributed by atoms with Crippen LogP contribution < -0.4 is 4.74 Å². The molecule has 1 heterocycles. The highest BCUT2D eigenvalue weighted by Crippen LogP contribution is 2.40. The van der Waals surface area contributed by atoms with Crippen molar-refractivity contribution in [2.75, 3.05) is 19.7 Å². The Balaban J connectivity index is 1.24. The average Bonchev–Trinajstić information content (AvgIpc) is 3.14. The number of amides is 1. The first kappa shape index (κ1) is 22.3. The van der Waals surface area contributed by atoms with Gasteiger partial charge >= 0.3 is 0 Å². The molecule has 0 saturated carbocycles. The van der Waals surface area contributed by atoms with E-state index in [1.54, 1.807) is 18.2 Å². The SMILES string of the molecule is C[C@@H]1CN(C(=O)COc2cccc3c2C(=O)c2ccccc2-3)[C@@H](C)CN1Cc1ccc(F)cc1. The van der Waals surface area contributed by atoms with Gasteiger partial charge in [-0.15, -0.1) is 0 Å². The molecule has 1 aliphatic carbocycles. The van der Waals surface area contributed by atoms with Crippen LogP contribution in [0.3, 0.4) is 0 Å². The van der Waals surface area contributed by atoms with Crippen molar-refractivity contribution in [1.82, 2.24) is 9.80 Å². The zero-order valence-corrected chi connectivity index (χ0v) is 19.3. The molecule has 1 amide bonds.